The molecule has 0 amide bonds. The van der Waals surface area contributed by atoms with Gasteiger partial charge in [-0.1, -0.05) is 69.2 Å². The Kier molecular flexibility index (Phi) is 6.65. The minimum Gasteiger partial charge on any atom is -0.423 e. The molecule has 0 radical (unpaired) electrons. The highest BCUT2D eigenvalue weighted by atomic mass is 16.5. The standard InChI is InChI=1S/C29H36O2/c1-3-5-6-7-27(30)31-26-14-10-24(11-15-26)23-8-12-25(13-9-23)29-20-17-28(16-4-2,18-21-29)19-22-29/h6-15H,3-5,16-22H2,1-2H3/b7-6+. The maximum absolute atomic E-state index is 11.8. The fraction of sp³-hybridized carbons (Fsp3) is 0.483. The van der Waals surface area contributed by atoms with Crippen LogP contribution >= 0.6 is 0 Å². The molecule has 0 aliphatic heterocycles. The Morgan fingerprint density at radius 2 is 1.42 bits per heavy atom. The molecule has 31 heavy (non-hydrogen) atoms. The molecular formula is C29H36O2. The molecule has 2 heteroatoms. The monoisotopic (exact) mass is 416 g/mol. The zero-order valence-corrected chi connectivity index (χ0v) is 19.2. The number of benzene rings is 2. The van der Waals surface area contributed by atoms with E-state index >= 15 is 0 Å². The van der Waals surface area contributed by atoms with Gasteiger partial charge in [-0.2, -0.15) is 0 Å². The number of fused-ring (bicyclic) bond motifs is 3. The van der Waals surface area contributed by atoms with Gasteiger partial charge in [0, 0.05) is 6.08 Å². The van der Waals surface area contributed by atoms with Crippen molar-refractivity contribution in [2.24, 2.45) is 5.41 Å². The second-order valence-corrected chi connectivity index (χ2v) is 9.74. The molecule has 5 rings (SSSR count). The van der Waals surface area contributed by atoms with Crippen LogP contribution in [0.4, 0.5) is 0 Å². The highest BCUT2D eigenvalue weighted by molar-refractivity contribution is 5.84. The molecule has 2 aromatic carbocycles. The van der Waals surface area contributed by atoms with E-state index in [4.69, 9.17) is 4.74 Å². The predicted molar refractivity (Wildman–Crippen MR) is 128 cm³/mol. The summed E-state index contributed by atoms with van der Waals surface area (Å²) in [4.78, 5) is 11.8. The quantitative estimate of drug-likeness (QED) is 0.247. The van der Waals surface area contributed by atoms with Crippen LogP contribution < -0.4 is 4.74 Å². The van der Waals surface area contributed by atoms with Crippen molar-refractivity contribution in [3.63, 3.8) is 0 Å². The number of carbonyl (C=O) groups is 1. The van der Waals surface area contributed by atoms with E-state index in [1.807, 2.05) is 30.3 Å². The smallest absolute Gasteiger partial charge is 0.335 e. The van der Waals surface area contributed by atoms with Crippen molar-refractivity contribution in [3.8, 4) is 16.9 Å². The maximum atomic E-state index is 11.8. The van der Waals surface area contributed by atoms with Crippen molar-refractivity contribution in [1.82, 2.24) is 0 Å². The van der Waals surface area contributed by atoms with Crippen LogP contribution in [0.2, 0.25) is 0 Å². The lowest BCUT2D eigenvalue weighted by molar-refractivity contribution is -0.129. The first-order chi connectivity index (χ1) is 15.1. The number of allylic oxidation sites excluding steroid dienone is 1. The van der Waals surface area contributed by atoms with Crippen molar-refractivity contribution in [2.45, 2.75) is 83.5 Å². The summed E-state index contributed by atoms with van der Waals surface area (Å²) >= 11 is 0. The van der Waals surface area contributed by atoms with E-state index in [2.05, 4.69) is 38.1 Å². The van der Waals surface area contributed by atoms with Crippen molar-refractivity contribution >= 4 is 5.97 Å². The first kappa shape index (κ1) is 21.9. The molecule has 0 aromatic heterocycles. The highest BCUT2D eigenvalue weighted by Gasteiger charge is 2.48. The van der Waals surface area contributed by atoms with E-state index in [-0.39, 0.29) is 5.97 Å². The van der Waals surface area contributed by atoms with E-state index in [1.165, 1.54) is 68.6 Å². The minimum atomic E-state index is -0.312. The summed E-state index contributed by atoms with van der Waals surface area (Å²) in [5.74, 6) is 0.276. The lowest BCUT2D eigenvalue weighted by Gasteiger charge is -2.54. The van der Waals surface area contributed by atoms with E-state index < -0.39 is 0 Å². The molecule has 0 heterocycles. The Hall–Kier alpha value is -2.35. The molecule has 0 spiro atoms. The summed E-state index contributed by atoms with van der Waals surface area (Å²) in [7, 11) is 0. The fourth-order valence-electron chi connectivity index (χ4n) is 5.83. The summed E-state index contributed by atoms with van der Waals surface area (Å²) in [6.45, 7) is 4.42. The molecule has 0 saturated heterocycles. The SMILES string of the molecule is CCC/C=C/C(=O)Oc1ccc(-c2ccc(C34CCC(CCC)(CC3)CC4)cc2)cc1. The zero-order valence-electron chi connectivity index (χ0n) is 19.2. The average molecular weight is 417 g/mol. The van der Waals surface area contributed by atoms with Crippen LogP contribution in [-0.4, -0.2) is 5.97 Å². The van der Waals surface area contributed by atoms with Crippen LogP contribution in [0.15, 0.2) is 60.7 Å². The van der Waals surface area contributed by atoms with Crippen LogP contribution in [0.5, 0.6) is 5.75 Å². The van der Waals surface area contributed by atoms with Crippen LogP contribution in [-0.2, 0) is 10.2 Å². The number of rotatable bonds is 8. The third-order valence-electron chi connectivity index (χ3n) is 7.79. The zero-order chi connectivity index (χ0) is 21.7. The average Bonchev–Trinajstić information content (AvgIpc) is 2.81. The lowest BCUT2D eigenvalue weighted by Crippen LogP contribution is -2.44. The van der Waals surface area contributed by atoms with Gasteiger partial charge in [0.15, 0.2) is 0 Å². The molecule has 2 bridgehead atoms. The van der Waals surface area contributed by atoms with Crippen molar-refractivity contribution in [3.05, 3.63) is 66.2 Å². The van der Waals surface area contributed by atoms with E-state index in [1.54, 1.807) is 0 Å². The third kappa shape index (κ3) is 4.79. The van der Waals surface area contributed by atoms with Crippen LogP contribution in [0.1, 0.15) is 83.6 Å². The van der Waals surface area contributed by atoms with E-state index in [0.29, 0.717) is 16.6 Å². The summed E-state index contributed by atoms with van der Waals surface area (Å²) < 4.78 is 5.38. The van der Waals surface area contributed by atoms with Crippen LogP contribution in [0, 0.1) is 5.41 Å². The van der Waals surface area contributed by atoms with Gasteiger partial charge in [-0.05, 0) is 91.0 Å². The molecule has 0 atom stereocenters. The Labute approximate surface area is 187 Å². The van der Waals surface area contributed by atoms with Gasteiger partial charge < -0.3 is 4.74 Å². The third-order valence-corrected chi connectivity index (χ3v) is 7.79. The van der Waals surface area contributed by atoms with E-state index in [9.17, 15) is 4.79 Å². The molecule has 2 aromatic rings. The molecule has 0 N–H and O–H groups in total. The Bertz CT molecular complexity index is 880. The van der Waals surface area contributed by atoms with E-state index in [0.717, 1.165) is 18.4 Å². The van der Waals surface area contributed by atoms with Gasteiger partial charge in [0.05, 0.1) is 0 Å². The maximum Gasteiger partial charge on any atom is 0.335 e. The summed E-state index contributed by atoms with van der Waals surface area (Å²) in [5, 5.41) is 0. The van der Waals surface area contributed by atoms with Gasteiger partial charge in [0.25, 0.3) is 0 Å². The normalized spacial score (nSPS) is 25.1. The minimum absolute atomic E-state index is 0.312. The largest absolute Gasteiger partial charge is 0.423 e. The van der Waals surface area contributed by atoms with Crippen LogP contribution in [0.3, 0.4) is 0 Å². The van der Waals surface area contributed by atoms with Gasteiger partial charge >= 0.3 is 5.97 Å². The second-order valence-electron chi connectivity index (χ2n) is 9.74. The van der Waals surface area contributed by atoms with Gasteiger partial charge in [-0.25, -0.2) is 4.79 Å². The number of unbranched alkanes of at least 4 members (excludes halogenated alkanes) is 1. The Balaban J connectivity index is 1.40. The molecule has 3 saturated carbocycles. The topological polar surface area (TPSA) is 26.3 Å². The molecule has 0 unspecified atom stereocenters. The number of esters is 1. The van der Waals surface area contributed by atoms with Crippen molar-refractivity contribution < 1.29 is 9.53 Å². The van der Waals surface area contributed by atoms with Crippen molar-refractivity contribution in [2.75, 3.05) is 0 Å². The molecule has 3 aliphatic rings. The summed E-state index contributed by atoms with van der Waals surface area (Å²) in [5.41, 5.74) is 4.98. The van der Waals surface area contributed by atoms with Gasteiger partial charge in [0.2, 0.25) is 0 Å². The number of carbonyl (C=O) groups excluding carboxylic acids is 1. The molecule has 2 nitrogen and oxygen atoms in total. The fourth-order valence-corrected chi connectivity index (χ4v) is 5.83. The summed E-state index contributed by atoms with van der Waals surface area (Å²) in [6.07, 6.45) is 16.4. The van der Waals surface area contributed by atoms with Gasteiger partial charge in [0.1, 0.15) is 5.75 Å². The number of hydrogen-bond donors (Lipinski definition) is 0. The first-order valence-electron chi connectivity index (χ1n) is 12.2. The van der Waals surface area contributed by atoms with Crippen LogP contribution in [0.25, 0.3) is 11.1 Å². The van der Waals surface area contributed by atoms with Gasteiger partial charge in [-0.15, -0.1) is 0 Å². The number of hydrogen-bond acceptors (Lipinski definition) is 2. The first-order valence-corrected chi connectivity index (χ1v) is 12.2. The second kappa shape index (κ2) is 9.42. The highest BCUT2D eigenvalue weighted by Crippen LogP contribution is 2.59. The Morgan fingerprint density at radius 3 is 1.97 bits per heavy atom. The molecule has 3 aliphatic carbocycles. The Morgan fingerprint density at radius 1 is 0.839 bits per heavy atom. The lowest BCUT2D eigenvalue weighted by atomic mass is 9.51. The molecule has 3 fully saturated rings. The molecular weight excluding hydrogens is 380 g/mol. The summed E-state index contributed by atoms with van der Waals surface area (Å²) in [6, 6.07) is 17.1. The van der Waals surface area contributed by atoms with Crippen molar-refractivity contribution in [1.29, 1.82) is 0 Å². The predicted octanol–water partition coefficient (Wildman–Crippen LogP) is 8.01. The number of ether oxygens (including phenoxy) is 1. The molecule has 164 valence electrons. The van der Waals surface area contributed by atoms with Gasteiger partial charge in [-0.3, -0.25) is 0 Å².